The molecule has 0 spiro atoms. The SMILES string of the molecule is CCC(Cc1ccccc1S(N)(=O)=O)NC. The summed E-state index contributed by atoms with van der Waals surface area (Å²) in [5.41, 5.74) is 0.770. The lowest BCUT2D eigenvalue weighted by Crippen LogP contribution is -2.27. The number of primary sulfonamides is 1. The summed E-state index contributed by atoms with van der Waals surface area (Å²) in [6.45, 7) is 2.06. The third-order valence-corrected chi connectivity index (χ3v) is 3.66. The van der Waals surface area contributed by atoms with Crippen LogP contribution in [0.15, 0.2) is 29.2 Å². The van der Waals surface area contributed by atoms with Crippen molar-refractivity contribution in [1.82, 2.24) is 5.32 Å². The number of likely N-dealkylation sites (N-methyl/N-ethyl adjacent to an activating group) is 1. The Balaban J connectivity index is 3.05. The lowest BCUT2D eigenvalue weighted by atomic mass is 10.0. The second-order valence-corrected chi connectivity index (χ2v) is 5.28. The van der Waals surface area contributed by atoms with Crippen molar-refractivity contribution in [2.24, 2.45) is 5.14 Å². The Morgan fingerprint density at radius 2 is 2.00 bits per heavy atom. The van der Waals surface area contributed by atoms with E-state index in [0.29, 0.717) is 6.42 Å². The fourth-order valence-corrected chi connectivity index (χ4v) is 2.45. The van der Waals surface area contributed by atoms with Gasteiger partial charge in [-0.25, -0.2) is 13.6 Å². The first-order valence-corrected chi connectivity index (χ1v) is 6.81. The number of nitrogens with one attached hydrogen (secondary N) is 1. The molecule has 0 aliphatic carbocycles. The van der Waals surface area contributed by atoms with Gasteiger partial charge in [-0.2, -0.15) is 0 Å². The van der Waals surface area contributed by atoms with Crippen LogP contribution in [-0.4, -0.2) is 21.5 Å². The van der Waals surface area contributed by atoms with E-state index in [0.717, 1.165) is 12.0 Å². The van der Waals surface area contributed by atoms with E-state index < -0.39 is 10.0 Å². The van der Waals surface area contributed by atoms with Crippen LogP contribution in [0.2, 0.25) is 0 Å². The van der Waals surface area contributed by atoms with Gasteiger partial charge in [-0.15, -0.1) is 0 Å². The predicted molar refractivity (Wildman–Crippen MR) is 64.7 cm³/mol. The lowest BCUT2D eigenvalue weighted by Gasteiger charge is -2.15. The molecule has 5 heteroatoms. The maximum Gasteiger partial charge on any atom is 0.238 e. The zero-order chi connectivity index (χ0) is 12.2. The summed E-state index contributed by atoms with van der Waals surface area (Å²) in [5.74, 6) is 0. The topological polar surface area (TPSA) is 72.2 Å². The van der Waals surface area contributed by atoms with Crippen molar-refractivity contribution in [2.75, 3.05) is 7.05 Å². The average molecular weight is 242 g/mol. The Morgan fingerprint density at radius 3 is 2.50 bits per heavy atom. The highest BCUT2D eigenvalue weighted by Gasteiger charge is 2.15. The number of hydrogen-bond donors (Lipinski definition) is 2. The molecule has 0 amide bonds. The van der Waals surface area contributed by atoms with Gasteiger partial charge in [0.15, 0.2) is 0 Å². The summed E-state index contributed by atoms with van der Waals surface area (Å²) < 4.78 is 22.7. The smallest absolute Gasteiger partial charge is 0.238 e. The molecule has 0 radical (unpaired) electrons. The lowest BCUT2D eigenvalue weighted by molar-refractivity contribution is 0.537. The summed E-state index contributed by atoms with van der Waals surface area (Å²) >= 11 is 0. The molecule has 1 aromatic carbocycles. The number of sulfonamides is 1. The first-order chi connectivity index (χ1) is 7.49. The van der Waals surface area contributed by atoms with Crippen LogP contribution in [0, 0.1) is 0 Å². The van der Waals surface area contributed by atoms with E-state index >= 15 is 0 Å². The molecule has 0 saturated carbocycles. The normalized spacial score (nSPS) is 13.7. The van der Waals surface area contributed by atoms with E-state index in [1.54, 1.807) is 18.2 Å². The Bertz CT molecular complexity index is 439. The Kier molecular flexibility index (Phi) is 4.46. The van der Waals surface area contributed by atoms with E-state index in [9.17, 15) is 8.42 Å². The Labute approximate surface area is 96.9 Å². The molecular formula is C11H18N2O2S. The van der Waals surface area contributed by atoms with Crippen LogP contribution in [0.4, 0.5) is 0 Å². The average Bonchev–Trinajstić information content (AvgIpc) is 2.25. The molecule has 0 saturated heterocycles. The molecule has 0 bridgehead atoms. The molecule has 1 atom stereocenters. The van der Waals surface area contributed by atoms with Crippen LogP contribution in [0.1, 0.15) is 18.9 Å². The standard InChI is InChI=1S/C11H18N2O2S/c1-3-10(13-2)8-9-6-4-5-7-11(9)16(12,14)15/h4-7,10,13H,3,8H2,1-2H3,(H2,12,14,15). The minimum absolute atomic E-state index is 0.226. The van der Waals surface area contributed by atoms with Crippen LogP contribution in [0.25, 0.3) is 0 Å². The fraction of sp³-hybridized carbons (Fsp3) is 0.455. The molecular weight excluding hydrogens is 224 g/mol. The molecule has 1 aromatic rings. The highest BCUT2D eigenvalue weighted by Crippen LogP contribution is 2.16. The van der Waals surface area contributed by atoms with Crippen LogP contribution < -0.4 is 10.5 Å². The van der Waals surface area contributed by atoms with E-state index in [4.69, 9.17) is 5.14 Å². The maximum absolute atomic E-state index is 11.4. The van der Waals surface area contributed by atoms with Gasteiger partial charge in [0.1, 0.15) is 0 Å². The minimum Gasteiger partial charge on any atom is -0.317 e. The minimum atomic E-state index is -3.62. The van der Waals surface area contributed by atoms with Gasteiger partial charge in [-0.1, -0.05) is 25.1 Å². The maximum atomic E-state index is 11.4. The van der Waals surface area contributed by atoms with E-state index in [1.165, 1.54) is 0 Å². The predicted octanol–water partition coefficient (Wildman–Crippen LogP) is 0.875. The van der Waals surface area contributed by atoms with Crippen molar-refractivity contribution in [3.8, 4) is 0 Å². The molecule has 0 aliphatic heterocycles. The quantitative estimate of drug-likeness (QED) is 0.805. The fourth-order valence-electron chi connectivity index (χ4n) is 1.67. The van der Waals surface area contributed by atoms with Gasteiger partial charge in [0.2, 0.25) is 10.0 Å². The van der Waals surface area contributed by atoms with E-state index in [-0.39, 0.29) is 10.9 Å². The van der Waals surface area contributed by atoms with E-state index in [2.05, 4.69) is 12.2 Å². The zero-order valence-electron chi connectivity index (χ0n) is 9.60. The number of rotatable bonds is 5. The van der Waals surface area contributed by atoms with Gasteiger partial charge in [-0.05, 0) is 31.5 Å². The summed E-state index contributed by atoms with van der Waals surface area (Å²) in [5, 5.41) is 8.31. The van der Waals surface area contributed by atoms with Gasteiger partial charge < -0.3 is 5.32 Å². The van der Waals surface area contributed by atoms with E-state index in [1.807, 2.05) is 13.1 Å². The molecule has 4 nitrogen and oxygen atoms in total. The van der Waals surface area contributed by atoms with Gasteiger partial charge >= 0.3 is 0 Å². The summed E-state index contributed by atoms with van der Waals surface area (Å²) in [7, 11) is -1.75. The molecule has 0 aliphatic rings. The second-order valence-electron chi connectivity index (χ2n) is 3.75. The first kappa shape index (κ1) is 13.2. The van der Waals surface area contributed by atoms with Crippen LogP contribution in [0.5, 0.6) is 0 Å². The van der Waals surface area contributed by atoms with Gasteiger partial charge in [0.05, 0.1) is 4.90 Å². The van der Waals surface area contributed by atoms with Crippen molar-refractivity contribution in [2.45, 2.75) is 30.7 Å². The number of benzene rings is 1. The zero-order valence-corrected chi connectivity index (χ0v) is 10.4. The number of nitrogens with two attached hydrogens (primary N) is 1. The molecule has 1 rings (SSSR count). The van der Waals surface area contributed by atoms with Crippen molar-refractivity contribution in [3.05, 3.63) is 29.8 Å². The largest absolute Gasteiger partial charge is 0.317 e. The Morgan fingerprint density at radius 1 is 1.38 bits per heavy atom. The summed E-state index contributed by atoms with van der Waals surface area (Å²) in [6.07, 6.45) is 1.61. The molecule has 0 fully saturated rings. The molecule has 90 valence electrons. The molecule has 0 heterocycles. The molecule has 3 N–H and O–H groups in total. The number of hydrogen-bond acceptors (Lipinski definition) is 3. The second kappa shape index (κ2) is 5.43. The third kappa shape index (κ3) is 3.30. The van der Waals surface area contributed by atoms with Crippen molar-refractivity contribution < 1.29 is 8.42 Å². The highest BCUT2D eigenvalue weighted by molar-refractivity contribution is 7.89. The van der Waals surface area contributed by atoms with Crippen molar-refractivity contribution >= 4 is 10.0 Å². The third-order valence-electron chi connectivity index (χ3n) is 2.65. The highest BCUT2D eigenvalue weighted by atomic mass is 32.2. The van der Waals surface area contributed by atoms with Crippen molar-refractivity contribution in [3.63, 3.8) is 0 Å². The first-order valence-electron chi connectivity index (χ1n) is 5.27. The monoisotopic (exact) mass is 242 g/mol. The Hall–Kier alpha value is -0.910. The molecule has 0 aromatic heterocycles. The summed E-state index contributed by atoms with van der Waals surface area (Å²) in [4.78, 5) is 0.226. The van der Waals surface area contributed by atoms with Gasteiger partial charge in [0, 0.05) is 6.04 Å². The van der Waals surface area contributed by atoms with Crippen molar-refractivity contribution in [1.29, 1.82) is 0 Å². The molecule has 1 unspecified atom stereocenters. The van der Waals surface area contributed by atoms with Crippen LogP contribution in [0.3, 0.4) is 0 Å². The van der Waals surface area contributed by atoms with Crippen LogP contribution in [-0.2, 0) is 16.4 Å². The van der Waals surface area contributed by atoms with Gasteiger partial charge in [0.25, 0.3) is 0 Å². The van der Waals surface area contributed by atoms with Gasteiger partial charge in [-0.3, -0.25) is 0 Å². The molecule has 16 heavy (non-hydrogen) atoms. The summed E-state index contributed by atoms with van der Waals surface area (Å²) in [6, 6.07) is 7.13. The van der Waals surface area contributed by atoms with Crippen LogP contribution >= 0.6 is 0 Å².